The lowest BCUT2D eigenvalue weighted by molar-refractivity contribution is -0.134. The van der Waals surface area contributed by atoms with E-state index in [0.717, 1.165) is 34.3 Å². The summed E-state index contributed by atoms with van der Waals surface area (Å²) in [5.41, 5.74) is 4.49. The lowest BCUT2D eigenvalue weighted by Gasteiger charge is -2.16. The van der Waals surface area contributed by atoms with Gasteiger partial charge in [-0.25, -0.2) is 9.59 Å². The summed E-state index contributed by atoms with van der Waals surface area (Å²) in [6.45, 7) is 2.84. The van der Waals surface area contributed by atoms with E-state index in [2.05, 4.69) is 16.1 Å². The second-order valence-electron chi connectivity index (χ2n) is 7.37. The van der Waals surface area contributed by atoms with Crippen molar-refractivity contribution in [3.63, 3.8) is 0 Å². The number of aryl methyl sites for hydroxylation is 1. The largest absolute Gasteiger partial charge is 0.478 e. The molecule has 2 N–H and O–H groups in total. The first-order chi connectivity index (χ1) is 15.8. The standard InChI is InChI=1S/C21H19N3O.C4H4O4/c1-15-7-9-17(10-8-15)21(25)24-19-6-4-3-5-18(19)20(22-24)16-11-13-23(2)14-12-16;5-3(6)1-2-4(7)8/h3-13H,14H2,1-2H3;1-2H,(H,5,6)(H,7,8). The van der Waals surface area contributed by atoms with Crippen LogP contribution in [0.25, 0.3) is 16.5 Å². The number of carboxylic acids is 2. The zero-order valence-corrected chi connectivity index (χ0v) is 18.2. The molecule has 33 heavy (non-hydrogen) atoms. The second-order valence-corrected chi connectivity index (χ2v) is 7.37. The summed E-state index contributed by atoms with van der Waals surface area (Å²) in [5.74, 6) is -2.63. The van der Waals surface area contributed by atoms with Crippen LogP contribution in [0.5, 0.6) is 0 Å². The molecule has 0 spiro atoms. The Bertz CT molecular complexity index is 1270. The molecule has 0 saturated carbocycles. The van der Waals surface area contributed by atoms with Crippen molar-refractivity contribution < 1.29 is 24.6 Å². The minimum atomic E-state index is -1.26. The van der Waals surface area contributed by atoms with Gasteiger partial charge in [0.1, 0.15) is 5.69 Å². The molecule has 0 aliphatic carbocycles. The van der Waals surface area contributed by atoms with Crippen molar-refractivity contribution in [2.45, 2.75) is 6.92 Å². The Morgan fingerprint density at radius 1 is 0.970 bits per heavy atom. The molecule has 1 aliphatic heterocycles. The van der Waals surface area contributed by atoms with E-state index >= 15 is 0 Å². The normalized spacial score (nSPS) is 12.9. The van der Waals surface area contributed by atoms with Crippen LogP contribution in [0.15, 0.2) is 79.0 Å². The molecule has 0 bridgehead atoms. The van der Waals surface area contributed by atoms with Gasteiger partial charge < -0.3 is 15.1 Å². The highest BCUT2D eigenvalue weighted by atomic mass is 16.4. The molecule has 1 aromatic heterocycles. The number of benzene rings is 2. The van der Waals surface area contributed by atoms with Crippen molar-refractivity contribution in [2.24, 2.45) is 0 Å². The molecule has 0 atom stereocenters. The van der Waals surface area contributed by atoms with E-state index in [0.29, 0.717) is 17.7 Å². The average molecular weight is 445 g/mol. The van der Waals surface area contributed by atoms with Crippen LogP contribution in [0, 0.1) is 6.92 Å². The lowest BCUT2D eigenvalue weighted by atomic mass is 10.1. The van der Waals surface area contributed by atoms with Crippen LogP contribution in [-0.4, -0.2) is 56.3 Å². The fourth-order valence-electron chi connectivity index (χ4n) is 3.15. The van der Waals surface area contributed by atoms with Crippen molar-refractivity contribution in [1.82, 2.24) is 14.7 Å². The maximum Gasteiger partial charge on any atom is 0.328 e. The third kappa shape index (κ3) is 5.82. The molecule has 2 aromatic carbocycles. The van der Waals surface area contributed by atoms with Crippen LogP contribution in [0.1, 0.15) is 21.6 Å². The highest BCUT2D eigenvalue weighted by molar-refractivity contribution is 6.04. The molecule has 8 nitrogen and oxygen atoms in total. The fraction of sp³-hybridized carbons (Fsp3) is 0.120. The molecule has 8 heteroatoms. The van der Waals surface area contributed by atoms with Crippen LogP contribution in [0.4, 0.5) is 0 Å². The Hall–Kier alpha value is -4.46. The minimum Gasteiger partial charge on any atom is -0.478 e. The zero-order chi connectivity index (χ0) is 24.0. The third-order valence-electron chi connectivity index (χ3n) is 4.83. The van der Waals surface area contributed by atoms with Gasteiger partial charge in [-0.1, -0.05) is 42.0 Å². The van der Waals surface area contributed by atoms with Gasteiger partial charge >= 0.3 is 11.9 Å². The number of carbonyl (C=O) groups excluding carboxylic acids is 1. The number of aliphatic carboxylic acids is 2. The summed E-state index contributed by atoms with van der Waals surface area (Å²) in [5, 5.41) is 21.3. The number of allylic oxidation sites excluding steroid dienone is 2. The van der Waals surface area contributed by atoms with Crippen molar-refractivity contribution in [1.29, 1.82) is 0 Å². The van der Waals surface area contributed by atoms with E-state index in [4.69, 9.17) is 10.2 Å². The van der Waals surface area contributed by atoms with Gasteiger partial charge in [-0.2, -0.15) is 9.78 Å². The number of carboxylic acid groups (broad SMARTS) is 2. The molecule has 0 saturated heterocycles. The summed E-state index contributed by atoms with van der Waals surface area (Å²) in [6, 6.07) is 15.5. The van der Waals surface area contributed by atoms with E-state index in [1.54, 1.807) is 0 Å². The topological polar surface area (TPSA) is 113 Å². The fourth-order valence-corrected chi connectivity index (χ4v) is 3.15. The number of aromatic nitrogens is 2. The SMILES string of the molecule is Cc1ccc(C(=O)n2nc(C3=CCN(C)C=C3)c3ccccc32)cc1.O=C(O)C=CC(=O)O. The maximum atomic E-state index is 13.0. The van der Waals surface area contributed by atoms with E-state index in [1.807, 2.05) is 74.8 Å². The Morgan fingerprint density at radius 3 is 2.18 bits per heavy atom. The number of fused-ring (bicyclic) bond motifs is 1. The van der Waals surface area contributed by atoms with Gasteiger partial charge in [0.15, 0.2) is 0 Å². The monoisotopic (exact) mass is 445 g/mol. The molecule has 2 heterocycles. The first-order valence-electron chi connectivity index (χ1n) is 10.1. The summed E-state index contributed by atoms with van der Waals surface area (Å²) in [7, 11) is 2.03. The second kappa shape index (κ2) is 10.2. The van der Waals surface area contributed by atoms with Crippen molar-refractivity contribution in [2.75, 3.05) is 13.6 Å². The average Bonchev–Trinajstić information content (AvgIpc) is 3.18. The molecule has 0 fully saturated rings. The number of nitrogens with zero attached hydrogens (tertiary/aromatic N) is 3. The van der Waals surface area contributed by atoms with E-state index in [1.165, 1.54) is 4.68 Å². The highest BCUT2D eigenvalue weighted by Crippen LogP contribution is 2.27. The van der Waals surface area contributed by atoms with Crippen LogP contribution in [0.2, 0.25) is 0 Å². The van der Waals surface area contributed by atoms with Crippen LogP contribution < -0.4 is 0 Å². The van der Waals surface area contributed by atoms with E-state index in [9.17, 15) is 14.4 Å². The first-order valence-corrected chi connectivity index (χ1v) is 10.1. The van der Waals surface area contributed by atoms with Gasteiger partial charge in [0.25, 0.3) is 5.91 Å². The molecule has 4 rings (SSSR count). The Balaban J connectivity index is 0.000000331. The first kappa shape index (κ1) is 23.2. The quantitative estimate of drug-likeness (QED) is 0.590. The number of para-hydroxylation sites is 1. The molecule has 3 aromatic rings. The molecular weight excluding hydrogens is 422 g/mol. The van der Waals surface area contributed by atoms with Gasteiger partial charge in [0.05, 0.1) is 5.52 Å². The minimum absolute atomic E-state index is 0.111. The van der Waals surface area contributed by atoms with Crippen molar-refractivity contribution in [3.05, 3.63) is 95.9 Å². The Kier molecular flexibility index (Phi) is 7.20. The van der Waals surface area contributed by atoms with Gasteiger partial charge in [-0.3, -0.25) is 4.79 Å². The smallest absolute Gasteiger partial charge is 0.328 e. The summed E-state index contributed by atoms with van der Waals surface area (Å²) < 4.78 is 1.52. The zero-order valence-electron chi connectivity index (χ0n) is 18.2. The van der Waals surface area contributed by atoms with Crippen LogP contribution in [0.3, 0.4) is 0 Å². The number of rotatable bonds is 4. The Morgan fingerprint density at radius 2 is 1.61 bits per heavy atom. The summed E-state index contributed by atoms with van der Waals surface area (Å²) in [4.78, 5) is 34.2. The predicted octanol–water partition coefficient (Wildman–Crippen LogP) is 3.59. The van der Waals surface area contributed by atoms with E-state index < -0.39 is 11.9 Å². The third-order valence-corrected chi connectivity index (χ3v) is 4.83. The number of hydrogen-bond donors (Lipinski definition) is 2. The molecule has 1 aliphatic rings. The highest BCUT2D eigenvalue weighted by Gasteiger charge is 2.19. The molecule has 0 unspecified atom stereocenters. The molecule has 168 valence electrons. The van der Waals surface area contributed by atoms with Gasteiger partial charge in [0.2, 0.25) is 0 Å². The van der Waals surface area contributed by atoms with Crippen molar-refractivity contribution >= 4 is 34.3 Å². The van der Waals surface area contributed by atoms with Gasteiger partial charge in [-0.05, 0) is 37.4 Å². The molecule has 0 amide bonds. The van der Waals surface area contributed by atoms with Gasteiger partial charge in [0, 0.05) is 42.3 Å². The lowest BCUT2D eigenvalue weighted by Crippen LogP contribution is -2.15. The predicted molar refractivity (Wildman–Crippen MR) is 125 cm³/mol. The van der Waals surface area contributed by atoms with E-state index in [-0.39, 0.29) is 5.91 Å². The number of likely N-dealkylation sites (N-methyl/N-ethyl adjacent to an activating group) is 1. The number of carbonyl (C=O) groups is 3. The van der Waals surface area contributed by atoms with Gasteiger partial charge in [-0.15, -0.1) is 0 Å². The van der Waals surface area contributed by atoms with Crippen LogP contribution in [-0.2, 0) is 9.59 Å². The molecular formula is C25H23N3O5. The van der Waals surface area contributed by atoms with Crippen LogP contribution >= 0.6 is 0 Å². The van der Waals surface area contributed by atoms with Crippen molar-refractivity contribution in [3.8, 4) is 0 Å². The summed E-state index contributed by atoms with van der Waals surface area (Å²) in [6.07, 6.45) is 7.32. The maximum absolute atomic E-state index is 13.0. The molecule has 0 radical (unpaired) electrons. The Labute approximate surface area is 190 Å². The summed E-state index contributed by atoms with van der Waals surface area (Å²) >= 11 is 0. The number of hydrogen-bond acceptors (Lipinski definition) is 5.